The van der Waals surface area contributed by atoms with Crippen LogP contribution in [0.4, 0.5) is 0 Å². The predicted octanol–water partition coefficient (Wildman–Crippen LogP) is 9.76. The lowest BCUT2D eigenvalue weighted by Gasteiger charge is -2.27. The normalized spacial score (nSPS) is 14.2. The molecule has 0 unspecified atom stereocenters. The second-order valence-corrected chi connectivity index (χ2v) is 14.0. The molecule has 0 radical (unpaired) electrons. The van der Waals surface area contributed by atoms with Gasteiger partial charge in [0.2, 0.25) is 0 Å². The topological polar surface area (TPSA) is 70.4 Å². The van der Waals surface area contributed by atoms with Crippen molar-refractivity contribution in [1.29, 1.82) is 0 Å². The third kappa shape index (κ3) is 9.07. The number of nitrogens with zero attached hydrogens (tertiary/aromatic N) is 1. The summed E-state index contributed by atoms with van der Waals surface area (Å²) in [6.45, 7) is 4.83. The fourth-order valence-electron chi connectivity index (χ4n) is 4.68. The highest BCUT2D eigenvalue weighted by Gasteiger charge is 2.26. The minimum atomic E-state index is -0.899. The average Bonchev–Trinajstić information content (AvgIpc) is 3.71. The Kier molecular flexibility index (Phi) is 10.9. The molecule has 2 N–H and O–H groups in total. The number of thioether (sulfide) groups is 1. The number of pyridine rings is 1. The molecule has 1 saturated carbocycles. The van der Waals surface area contributed by atoms with Gasteiger partial charge < -0.3 is 10.2 Å². The first-order valence-electron chi connectivity index (χ1n) is 13.6. The van der Waals surface area contributed by atoms with E-state index < -0.39 is 11.6 Å². The van der Waals surface area contributed by atoms with Crippen LogP contribution in [0.5, 0.6) is 0 Å². The van der Waals surface area contributed by atoms with Crippen molar-refractivity contribution in [2.24, 2.45) is 5.92 Å². The van der Waals surface area contributed by atoms with Crippen molar-refractivity contribution in [3.8, 4) is 0 Å². The van der Waals surface area contributed by atoms with Gasteiger partial charge in [0.05, 0.1) is 21.0 Å². The van der Waals surface area contributed by atoms with E-state index in [-0.39, 0.29) is 5.92 Å². The SMILES string of the molecule is CC(=O)O.CC(C)(O)c1ccccc1[C@H](CCSCC1CC1)c1cccc(/C=C/c2ccc3sc(Cl)c(Cl)c3n2)c1. The summed E-state index contributed by atoms with van der Waals surface area (Å²) in [5.74, 6) is 2.67. The average molecular weight is 629 g/mol. The van der Waals surface area contributed by atoms with Gasteiger partial charge >= 0.3 is 0 Å². The Morgan fingerprint density at radius 1 is 1.12 bits per heavy atom. The number of carboxylic acids is 1. The van der Waals surface area contributed by atoms with E-state index in [2.05, 4.69) is 60.3 Å². The number of benzene rings is 2. The first-order valence-corrected chi connectivity index (χ1v) is 16.4. The number of hydrogen-bond acceptors (Lipinski definition) is 5. The standard InChI is InChI=1S/C31H31Cl2NOS2.C2H4O2/c1-31(2,35)26-9-4-3-8-25(26)24(16-17-36-19-21-10-11-21)22-7-5-6-20(18-22)12-13-23-14-15-27-29(34-23)28(32)30(33)37-27;1-2(3)4/h3-9,12-15,18,21,24,35H,10-11,16-17,19H2,1-2H3;1H3,(H,3,4)/b13-12+;/t24-;/m1./s1. The highest BCUT2D eigenvalue weighted by Crippen LogP contribution is 2.39. The molecule has 2 aromatic carbocycles. The fraction of sp³-hybridized carbons (Fsp3) is 0.333. The van der Waals surface area contributed by atoms with Crippen LogP contribution in [0.25, 0.3) is 22.4 Å². The first kappa shape index (κ1) is 31.6. The molecule has 4 aromatic rings. The van der Waals surface area contributed by atoms with E-state index in [4.69, 9.17) is 38.1 Å². The zero-order chi connectivity index (χ0) is 29.6. The Balaban J connectivity index is 0.000000909. The monoisotopic (exact) mass is 627 g/mol. The molecule has 0 amide bonds. The quantitative estimate of drug-likeness (QED) is 0.171. The predicted molar refractivity (Wildman–Crippen MR) is 177 cm³/mol. The third-order valence-corrected chi connectivity index (χ3v) is 9.98. The van der Waals surface area contributed by atoms with Crippen molar-refractivity contribution in [2.75, 3.05) is 11.5 Å². The van der Waals surface area contributed by atoms with Crippen molar-refractivity contribution >= 4 is 74.6 Å². The highest BCUT2D eigenvalue weighted by molar-refractivity contribution is 7.99. The van der Waals surface area contributed by atoms with Crippen LogP contribution in [-0.2, 0) is 10.4 Å². The minimum absolute atomic E-state index is 0.212. The Bertz CT molecular complexity index is 1520. The Morgan fingerprint density at radius 3 is 2.56 bits per heavy atom. The Hall–Kier alpha value is -2.35. The molecule has 1 aliphatic rings. The molecule has 0 bridgehead atoms. The smallest absolute Gasteiger partial charge is 0.300 e. The third-order valence-electron chi connectivity index (χ3n) is 6.82. The van der Waals surface area contributed by atoms with Gasteiger partial charge in [-0.25, -0.2) is 4.98 Å². The lowest BCUT2D eigenvalue weighted by Crippen LogP contribution is -2.20. The number of rotatable bonds is 10. The van der Waals surface area contributed by atoms with Gasteiger partial charge in [-0.15, -0.1) is 11.3 Å². The maximum Gasteiger partial charge on any atom is 0.300 e. The summed E-state index contributed by atoms with van der Waals surface area (Å²) in [7, 11) is 0. The summed E-state index contributed by atoms with van der Waals surface area (Å²) in [5, 5.41) is 18.9. The maximum atomic E-state index is 10.9. The molecule has 216 valence electrons. The molecule has 1 atom stereocenters. The van der Waals surface area contributed by atoms with Gasteiger partial charge in [-0.3, -0.25) is 4.79 Å². The summed E-state index contributed by atoms with van der Waals surface area (Å²) in [6.07, 6.45) is 7.93. The molecule has 0 spiro atoms. The van der Waals surface area contributed by atoms with Crippen LogP contribution < -0.4 is 0 Å². The molecule has 1 aliphatic carbocycles. The molecule has 4 nitrogen and oxygen atoms in total. The number of aliphatic carboxylic acids is 1. The lowest BCUT2D eigenvalue weighted by molar-refractivity contribution is -0.134. The van der Waals surface area contributed by atoms with Crippen molar-refractivity contribution in [3.63, 3.8) is 0 Å². The summed E-state index contributed by atoms with van der Waals surface area (Å²) in [4.78, 5) is 13.7. The van der Waals surface area contributed by atoms with E-state index in [0.29, 0.717) is 9.36 Å². The molecule has 0 aliphatic heterocycles. The van der Waals surface area contributed by atoms with Crippen LogP contribution in [0.15, 0.2) is 60.7 Å². The van der Waals surface area contributed by atoms with Crippen molar-refractivity contribution < 1.29 is 15.0 Å². The fourth-order valence-corrected chi connectivity index (χ4v) is 7.34. The van der Waals surface area contributed by atoms with Gasteiger partial charge in [0.1, 0.15) is 9.85 Å². The van der Waals surface area contributed by atoms with Crippen LogP contribution in [0.2, 0.25) is 9.36 Å². The van der Waals surface area contributed by atoms with E-state index in [1.54, 1.807) is 0 Å². The van der Waals surface area contributed by atoms with Crippen LogP contribution >= 0.6 is 46.3 Å². The second-order valence-electron chi connectivity index (χ2n) is 10.8. The van der Waals surface area contributed by atoms with E-state index >= 15 is 0 Å². The molecular weight excluding hydrogens is 593 g/mol. The summed E-state index contributed by atoms with van der Waals surface area (Å²) >= 11 is 16.0. The number of aromatic nitrogens is 1. The van der Waals surface area contributed by atoms with Crippen LogP contribution in [-0.4, -0.2) is 32.7 Å². The molecule has 41 heavy (non-hydrogen) atoms. The summed E-state index contributed by atoms with van der Waals surface area (Å²) < 4.78 is 1.56. The number of carboxylic acid groups (broad SMARTS) is 1. The second kappa shape index (κ2) is 14.2. The van der Waals surface area contributed by atoms with Crippen LogP contribution in [0, 0.1) is 5.92 Å². The number of fused-ring (bicyclic) bond motifs is 1. The number of carbonyl (C=O) groups is 1. The van der Waals surface area contributed by atoms with Gasteiger partial charge in [0.25, 0.3) is 5.97 Å². The van der Waals surface area contributed by atoms with Crippen LogP contribution in [0.3, 0.4) is 0 Å². The molecule has 8 heteroatoms. The number of aliphatic hydroxyl groups is 1. The Labute approximate surface area is 260 Å². The maximum absolute atomic E-state index is 10.9. The zero-order valence-electron chi connectivity index (χ0n) is 23.4. The largest absolute Gasteiger partial charge is 0.481 e. The van der Waals surface area contributed by atoms with Crippen LogP contribution in [0.1, 0.15) is 73.9 Å². The van der Waals surface area contributed by atoms with Gasteiger partial charge in [0, 0.05) is 12.8 Å². The van der Waals surface area contributed by atoms with Crippen molar-refractivity contribution in [3.05, 3.63) is 98.0 Å². The van der Waals surface area contributed by atoms with Gasteiger partial charge in [-0.2, -0.15) is 11.8 Å². The van der Waals surface area contributed by atoms with Crippen molar-refractivity contribution in [2.45, 2.75) is 51.6 Å². The molecule has 2 heterocycles. The molecule has 5 rings (SSSR count). The summed E-state index contributed by atoms with van der Waals surface area (Å²) in [5.41, 5.74) is 5.28. The summed E-state index contributed by atoms with van der Waals surface area (Å²) in [6, 6.07) is 21.1. The highest BCUT2D eigenvalue weighted by atomic mass is 35.5. The zero-order valence-corrected chi connectivity index (χ0v) is 26.6. The number of thiophene rings is 1. The van der Waals surface area contributed by atoms with Gasteiger partial charge in [-0.05, 0) is 91.0 Å². The molecule has 2 aromatic heterocycles. The van der Waals surface area contributed by atoms with E-state index in [9.17, 15) is 5.11 Å². The van der Waals surface area contributed by atoms with Gasteiger partial charge in [-0.1, -0.05) is 77.8 Å². The number of hydrogen-bond donors (Lipinski definition) is 2. The van der Waals surface area contributed by atoms with E-state index in [1.807, 2.05) is 38.1 Å². The lowest BCUT2D eigenvalue weighted by atomic mass is 9.81. The minimum Gasteiger partial charge on any atom is -0.481 e. The first-order chi connectivity index (χ1) is 19.5. The Morgan fingerprint density at radius 2 is 1.85 bits per heavy atom. The van der Waals surface area contributed by atoms with E-state index in [0.717, 1.165) is 52.1 Å². The number of halogens is 2. The molecule has 0 saturated heterocycles. The van der Waals surface area contributed by atoms with Crippen molar-refractivity contribution in [1.82, 2.24) is 4.98 Å². The van der Waals surface area contributed by atoms with Gasteiger partial charge in [0.15, 0.2) is 0 Å². The molecule has 1 fully saturated rings. The molecular formula is C33H35Cl2NO3S2. The van der Waals surface area contributed by atoms with E-state index in [1.165, 1.54) is 41.1 Å².